The molecule has 0 atom stereocenters. The number of thiazole rings is 1. The molecule has 1 aliphatic rings. The highest BCUT2D eigenvalue weighted by Crippen LogP contribution is 2.29. The summed E-state index contributed by atoms with van der Waals surface area (Å²) < 4.78 is 14.7. The van der Waals surface area contributed by atoms with Gasteiger partial charge in [-0.1, -0.05) is 47.7 Å². The van der Waals surface area contributed by atoms with Gasteiger partial charge in [0.2, 0.25) is 5.91 Å². The molecule has 0 radical (unpaired) electrons. The lowest BCUT2D eigenvalue weighted by Crippen LogP contribution is -2.50. The third kappa shape index (κ3) is 4.15. The molecule has 7 heteroatoms. The number of anilines is 1. The summed E-state index contributed by atoms with van der Waals surface area (Å²) in [6, 6.07) is 15.3. The van der Waals surface area contributed by atoms with Crippen LogP contribution in [-0.4, -0.2) is 60.5 Å². The fourth-order valence-corrected chi connectivity index (χ4v) is 4.37. The molecule has 1 amide bonds. The Labute approximate surface area is 168 Å². The van der Waals surface area contributed by atoms with Crippen molar-refractivity contribution in [1.82, 2.24) is 14.8 Å². The second kappa shape index (κ2) is 8.24. The molecule has 146 valence electrons. The number of para-hydroxylation sites is 1. The summed E-state index contributed by atoms with van der Waals surface area (Å²) in [6.45, 7) is 4.37. The number of hydrogen-bond donors (Lipinski definition) is 0. The van der Waals surface area contributed by atoms with Gasteiger partial charge in [-0.3, -0.25) is 9.69 Å². The second-order valence-electron chi connectivity index (χ2n) is 7.08. The zero-order valence-electron chi connectivity index (χ0n) is 15.8. The SMILES string of the molecule is CN(CC(=O)N1CCN(Cc2ccccc2)CC1)c1nc2c(F)cccc2s1. The lowest BCUT2D eigenvalue weighted by Gasteiger charge is -2.35. The summed E-state index contributed by atoms with van der Waals surface area (Å²) in [5.41, 5.74) is 1.67. The molecular weight excluding hydrogens is 375 g/mol. The van der Waals surface area contributed by atoms with Crippen LogP contribution < -0.4 is 4.90 Å². The van der Waals surface area contributed by atoms with E-state index in [1.165, 1.54) is 23.0 Å². The minimum Gasteiger partial charge on any atom is -0.342 e. The molecule has 0 unspecified atom stereocenters. The molecule has 0 bridgehead atoms. The Bertz CT molecular complexity index is 953. The van der Waals surface area contributed by atoms with Crippen molar-refractivity contribution >= 4 is 32.6 Å². The van der Waals surface area contributed by atoms with Gasteiger partial charge in [-0.25, -0.2) is 9.37 Å². The van der Waals surface area contributed by atoms with Gasteiger partial charge in [-0.2, -0.15) is 0 Å². The van der Waals surface area contributed by atoms with Crippen LogP contribution in [0.3, 0.4) is 0 Å². The first kappa shape index (κ1) is 18.8. The van der Waals surface area contributed by atoms with Crippen LogP contribution in [0.4, 0.5) is 9.52 Å². The Morgan fingerprint density at radius 1 is 1.11 bits per heavy atom. The Kier molecular flexibility index (Phi) is 5.54. The Morgan fingerprint density at radius 2 is 1.86 bits per heavy atom. The first-order valence-corrected chi connectivity index (χ1v) is 10.2. The minimum absolute atomic E-state index is 0.0848. The van der Waals surface area contributed by atoms with E-state index in [9.17, 15) is 9.18 Å². The number of likely N-dealkylation sites (N-methyl/N-ethyl adjacent to an activating group) is 1. The van der Waals surface area contributed by atoms with Gasteiger partial charge in [-0.15, -0.1) is 0 Å². The van der Waals surface area contributed by atoms with Gasteiger partial charge in [0.1, 0.15) is 11.3 Å². The molecule has 1 aromatic heterocycles. The first-order chi connectivity index (χ1) is 13.6. The molecule has 1 fully saturated rings. The number of amides is 1. The van der Waals surface area contributed by atoms with E-state index in [-0.39, 0.29) is 18.3 Å². The van der Waals surface area contributed by atoms with Crippen molar-refractivity contribution in [3.8, 4) is 0 Å². The maximum Gasteiger partial charge on any atom is 0.242 e. The highest BCUT2D eigenvalue weighted by atomic mass is 32.1. The lowest BCUT2D eigenvalue weighted by molar-refractivity contribution is -0.131. The van der Waals surface area contributed by atoms with Gasteiger partial charge in [0.25, 0.3) is 0 Å². The summed E-state index contributed by atoms with van der Waals surface area (Å²) in [6.07, 6.45) is 0. The van der Waals surface area contributed by atoms with E-state index < -0.39 is 0 Å². The number of rotatable bonds is 5. The first-order valence-electron chi connectivity index (χ1n) is 9.40. The molecule has 3 aromatic rings. The molecule has 0 N–H and O–H groups in total. The Morgan fingerprint density at radius 3 is 2.57 bits per heavy atom. The number of aromatic nitrogens is 1. The van der Waals surface area contributed by atoms with Crippen molar-refractivity contribution in [3.05, 3.63) is 59.9 Å². The van der Waals surface area contributed by atoms with Crippen LogP contribution in [0, 0.1) is 5.82 Å². The van der Waals surface area contributed by atoms with Gasteiger partial charge in [-0.05, 0) is 17.7 Å². The average Bonchev–Trinajstić information content (AvgIpc) is 3.15. The zero-order valence-corrected chi connectivity index (χ0v) is 16.7. The second-order valence-corrected chi connectivity index (χ2v) is 8.09. The molecule has 2 heterocycles. The van der Waals surface area contributed by atoms with Crippen molar-refractivity contribution in [3.63, 3.8) is 0 Å². The van der Waals surface area contributed by atoms with E-state index in [1.54, 1.807) is 6.07 Å². The van der Waals surface area contributed by atoms with E-state index in [4.69, 9.17) is 0 Å². The number of piperazine rings is 1. The van der Waals surface area contributed by atoms with E-state index in [0.717, 1.165) is 37.4 Å². The molecule has 1 aliphatic heterocycles. The van der Waals surface area contributed by atoms with Gasteiger partial charge >= 0.3 is 0 Å². The average molecular weight is 399 g/mol. The number of fused-ring (bicyclic) bond motifs is 1. The molecule has 4 rings (SSSR count). The van der Waals surface area contributed by atoms with Crippen LogP contribution in [0.5, 0.6) is 0 Å². The fraction of sp³-hybridized carbons (Fsp3) is 0.333. The minimum atomic E-state index is -0.325. The lowest BCUT2D eigenvalue weighted by atomic mass is 10.2. The van der Waals surface area contributed by atoms with Crippen molar-refractivity contribution in [2.75, 3.05) is 44.7 Å². The highest BCUT2D eigenvalue weighted by Gasteiger charge is 2.23. The Balaban J connectivity index is 1.32. The molecular formula is C21H23FN4OS. The van der Waals surface area contributed by atoms with Crippen LogP contribution >= 0.6 is 11.3 Å². The van der Waals surface area contributed by atoms with Gasteiger partial charge in [0.15, 0.2) is 5.13 Å². The van der Waals surface area contributed by atoms with Gasteiger partial charge in [0, 0.05) is 39.8 Å². The molecule has 0 aliphatic carbocycles. The Hall–Kier alpha value is -2.51. The molecule has 2 aromatic carbocycles. The van der Waals surface area contributed by atoms with Crippen LogP contribution in [0.15, 0.2) is 48.5 Å². The standard InChI is InChI=1S/C21H23FN4OS/c1-24(21-23-20-17(22)8-5-9-18(20)28-21)15-19(27)26-12-10-25(11-13-26)14-16-6-3-2-4-7-16/h2-9H,10-15H2,1H3. The third-order valence-electron chi connectivity index (χ3n) is 5.03. The maximum absolute atomic E-state index is 13.9. The summed E-state index contributed by atoms with van der Waals surface area (Å²) in [4.78, 5) is 23.1. The quantitative estimate of drug-likeness (QED) is 0.662. The fourth-order valence-electron chi connectivity index (χ4n) is 3.43. The van der Waals surface area contributed by atoms with Crippen molar-refractivity contribution in [1.29, 1.82) is 0 Å². The van der Waals surface area contributed by atoms with Crippen LogP contribution in [-0.2, 0) is 11.3 Å². The third-order valence-corrected chi connectivity index (χ3v) is 6.17. The molecule has 1 saturated heterocycles. The van der Waals surface area contributed by atoms with E-state index >= 15 is 0 Å². The number of halogens is 1. The predicted octanol–water partition coefficient (Wildman–Crippen LogP) is 3.22. The molecule has 28 heavy (non-hydrogen) atoms. The van der Waals surface area contributed by atoms with Crippen molar-refractivity contribution in [2.24, 2.45) is 0 Å². The predicted molar refractivity (Wildman–Crippen MR) is 111 cm³/mol. The van der Waals surface area contributed by atoms with Crippen LogP contribution in [0.2, 0.25) is 0 Å². The molecule has 0 saturated carbocycles. The summed E-state index contributed by atoms with van der Waals surface area (Å²) in [7, 11) is 1.83. The summed E-state index contributed by atoms with van der Waals surface area (Å²) in [5.74, 6) is -0.240. The van der Waals surface area contributed by atoms with Gasteiger partial charge in [0.05, 0.1) is 11.2 Å². The van der Waals surface area contributed by atoms with Crippen LogP contribution in [0.1, 0.15) is 5.56 Å². The largest absolute Gasteiger partial charge is 0.342 e. The smallest absolute Gasteiger partial charge is 0.242 e. The summed E-state index contributed by atoms with van der Waals surface area (Å²) >= 11 is 1.41. The van der Waals surface area contributed by atoms with Gasteiger partial charge < -0.3 is 9.80 Å². The number of benzene rings is 2. The van der Waals surface area contributed by atoms with E-state index in [2.05, 4.69) is 34.1 Å². The number of carbonyl (C=O) groups is 1. The zero-order chi connectivity index (χ0) is 19.5. The number of carbonyl (C=O) groups excluding carboxylic acids is 1. The molecule has 5 nitrogen and oxygen atoms in total. The van der Waals surface area contributed by atoms with E-state index in [0.29, 0.717) is 10.6 Å². The number of hydrogen-bond acceptors (Lipinski definition) is 5. The van der Waals surface area contributed by atoms with Crippen LogP contribution in [0.25, 0.3) is 10.2 Å². The summed E-state index contributed by atoms with van der Waals surface area (Å²) in [5, 5.41) is 0.663. The monoisotopic (exact) mass is 398 g/mol. The normalized spacial score (nSPS) is 15.1. The topological polar surface area (TPSA) is 39.7 Å². The number of nitrogens with zero attached hydrogens (tertiary/aromatic N) is 4. The van der Waals surface area contributed by atoms with E-state index in [1.807, 2.05) is 29.0 Å². The van der Waals surface area contributed by atoms with Crippen molar-refractivity contribution in [2.45, 2.75) is 6.54 Å². The highest BCUT2D eigenvalue weighted by molar-refractivity contribution is 7.22. The maximum atomic E-state index is 13.9. The van der Waals surface area contributed by atoms with Crippen molar-refractivity contribution < 1.29 is 9.18 Å². The molecule has 0 spiro atoms.